The van der Waals surface area contributed by atoms with Crippen LogP contribution < -0.4 is 9.47 Å². The minimum Gasteiger partial charge on any atom is -0.494 e. The molecule has 0 bridgehead atoms. The van der Waals surface area contributed by atoms with E-state index in [2.05, 4.69) is 12.1 Å². The van der Waals surface area contributed by atoms with E-state index >= 15 is 0 Å². The highest BCUT2D eigenvalue weighted by atomic mass is 16.5. The molecule has 0 aliphatic rings. The fourth-order valence-corrected chi connectivity index (χ4v) is 3.83. The molecule has 0 aliphatic carbocycles. The van der Waals surface area contributed by atoms with Crippen molar-refractivity contribution in [1.82, 2.24) is 4.57 Å². The van der Waals surface area contributed by atoms with E-state index in [1.807, 2.05) is 53.1 Å². The van der Waals surface area contributed by atoms with Crippen molar-refractivity contribution in [1.29, 1.82) is 5.26 Å². The first-order valence-electron chi connectivity index (χ1n) is 10.6. The highest BCUT2D eigenvalue weighted by molar-refractivity contribution is 6.08. The summed E-state index contributed by atoms with van der Waals surface area (Å²) in [5, 5.41) is 20.4. The van der Waals surface area contributed by atoms with Crippen LogP contribution in [0.3, 0.4) is 0 Å². The number of para-hydroxylation sites is 2. The highest BCUT2D eigenvalue weighted by Crippen LogP contribution is 2.31. The third-order valence-electron chi connectivity index (χ3n) is 5.37. The van der Waals surface area contributed by atoms with Crippen molar-refractivity contribution in [3.63, 3.8) is 0 Å². The van der Waals surface area contributed by atoms with Gasteiger partial charge in [0.25, 0.3) is 0 Å². The summed E-state index contributed by atoms with van der Waals surface area (Å²) < 4.78 is 13.7. The van der Waals surface area contributed by atoms with Gasteiger partial charge in [0, 0.05) is 28.9 Å². The number of carboxylic acids is 1. The fraction of sp³-hybridized carbons (Fsp3) is 0.231. The van der Waals surface area contributed by atoms with E-state index in [4.69, 9.17) is 19.8 Å². The lowest BCUT2D eigenvalue weighted by Gasteiger charge is -2.10. The molecule has 1 heterocycles. The third-order valence-corrected chi connectivity index (χ3v) is 5.37. The van der Waals surface area contributed by atoms with E-state index in [0.717, 1.165) is 40.4 Å². The maximum absolute atomic E-state index is 11.1. The van der Waals surface area contributed by atoms with Gasteiger partial charge in [-0.05, 0) is 43.2 Å². The van der Waals surface area contributed by atoms with E-state index in [-0.39, 0.29) is 6.42 Å². The number of rotatable bonds is 10. The summed E-state index contributed by atoms with van der Waals surface area (Å²) in [5.74, 6) is 0.547. The molecule has 0 radical (unpaired) electrons. The lowest BCUT2D eigenvalue weighted by atomic mass is 10.1. The van der Waals surface area contributed by atoms with E-state index < -0.39 is 5.97 Å². The van der Waals surface area contributed by atoms with Gasteiger partial charge in [-0.1, -0.05) is 30.3 Å². The van der Waals surface area contributed by atoms with Crippen LogP contribution in [0.15, 0.2) is 66.7 Å². The van der Waals surface area contributed by atoms with E-state index in [1.54, 1.807) is 12.1 Å². The van der Waals surface area contributed by atoms with Gasteiger partial charge in [-0.2, -0.15) is 5.26 Å². The van der Waals surface area contributed by atoms with Gasteiger partial charge in [-0.25, -0.2) is 0 Å². The first-order chi connectivity index (χ1) is 15.7. The number of unbranched alkanes of at least 4 members (excludes halogenated alkanes) is 1. The molecule has 0 fully saturated rings. The molecule has 3 aromatic carbocycles. The number of aryl methyl sites for hydroxylation is 1. The Kier molecular flexibility index (Phi) is 6.57. The second-order valence-electron chi connectivity index (χ2n) is 7.50. The van der Waals surface area contributed by atoms with Gasteiger partial charge in [0.05, 0.1) is 30.7 Å². The molecule has 162 valence electrons. The van der Waals surface area contributed by atoms with Crippen LogP contribution in [0.25, 0.3) is 21.8 Å². The maximum Gasteiger partial charge on any atom is 0.305 e. The molecule has 0 saturated carbocycles. The minimum atomic E-state index is -0.817. The Morgan fingerprint density at radius 3 is 2.44 bits per heavy atom. The number of hydrogen-bond donors (Lipinski definition) is 1. The number of carbonyl (C=O) groups is 1. The molecule has 32 heavy (non-hydrogen) atoms. The second kappa shape index (κ2) is 9.88. The van der Waals surface area contributed by atoms with Gasteiger partial charge in [-0.15, -0.1) is 0 Å². The van der Waals surface area contributed by atoms with Crippen LogP contribution in [0.1, 0.15) is 24.8 Å². The zero-order valence-electron chi connectivity index (χ0n) is 17.7. The Bertz CT molecular complexity index is 1290. The number of ether oxygens (including phenoxy) is 2. The summed E-state index contributed by atoms with van der Waals surface area (Å²) in [7, 11) is 0. The normalized spacial score (nSPS) is 10.8. The molecule has 0 atom stereocenters. The molecule has 0 unspecified atom stereocenters. The molecule has 4 aromatic rings. The first kappa shape index (κ1) is 21.3. The van der Waals surface area contributed by atoms with Gasteiger partial charge < -0.3 is 19.1 Å². The standard InChI is InChI=1S/C26H24N2O4/c27-18-19-7-1-4-10-25(19)32-16-6-5-15-31-20-11-12-22-21-8-2-3-9-23(21)28(24(22)17-20)14-13-26(29)30/h1-4,7-12,17H,5-6,13-16H2,(H,29,30). The number of nitrogens with zero attached hydrogens (tertiary/aromatic N) is 2. The summed E-state index contributed by atoms with van der Waals surface area (Å²) in [6, 6.07) is 23.3. The summed E-state index contributed by atoms with van der Waals surface area (Å²) in [4.78, 5) is 11.1. The molecule has 0 aliphatic heterocycles. The Morgan fingerprint density at radius 2 is 1.62 bits per heavy atom. The fourth-order valence-electron chi connectivity index (χ4n) is 3.83. The van der Waals surface area contributed by atoms with Gasteiger partial charge in [0.15, 0.2) is 0 Å². The largest absolute Gasteiger partial charge is 0.494 e. The van der Waals surface area contributed by atoms with Crippen molar-refractivity contribution in [2.45, 2.75) is 25.8 Å². The maximum atomic E-state index is 11.1. The summed E-state index contributed by atoms with van der Waals surface area (Å²) in [6.45, 7) is 1.47. The quantitative estimate of drug-likeness (QED) is 0.343. The Labute approximate surface area is 186 Å². The van der Waals surface area contributed by atoms with Crippen molar-refractivity contribution < 1.29 is 19.4 Å². The van der Waals surface area contributed by atoms with Crippen LogP contribution in [-0.4, -0.2) is 28.9 Å². The predicted molar refractivity (Wildman–Crippen MR) is 123 cm³/mol. The molecule has 1 N–H and O–H groups in total. The third kappa shape index (κ3) is 4.68. The van der Waals surface area contributed by atoms with Crippen LogP contribution in [0.4, 0.5) is 0 Å². The molecule has 0 amide bonds. The second-order valence-corrected chi connectivity index (χ2v) is 7.50. The van der Waals surface area contributed by atoms with E-state index in [9.17, 15) is 4.79 Å². The molecule has 0 spiro atoms. The zero-order valence-corrected chi connectivity index (χ0v) is 17.7. The number of nitriles is 1. The van der Waals surface area contributed by atoms with Crippen molar-refractivity contribution in [2.24, 2.45) is 0 Å². The van der Waals surface area contributed by atoms with Crippen molar-refractivity contribution in [2.75, 3.05) is 13.2 Å². The first-order valence-corrected chi connectivity index (χ1v) is 10.6. The number of carboxylic acid groups (broad SMARTS) is 1. The van der Waals surface area contributed by atoms with E-state index in [1.165, 1.54) is 0 Å². The van der Waals surface area contributed by atoms with Crippen LogP contribution >= 0.6 is 0 Å². The van der Waals surface area contributed by atoms with Gasteiger partial charge >= 0.3 is 5.97 Å². The number of benzene rings is 3. The smallest absolute Gasteiger partial charge is 0.305 e. The summed E-state index contributed by atoms with van der Waals surface area (Å²) in [6.07, 6.45) is 1.68. The van der Waals surface area contributed by atoms with Crippen molar-refractivity contribution in [3.8, 4) is 17.6 Å². The minimum absolute atomic E-state index is 0.0633. The summed E-state index contributed by atoms with van der Waals surface area (Å²) >= 11 is 0. The van der Waals surface area contributed by atoms with Gasteiger partial charge in [-0.3, -0.25) is 4.79 Å². The van der Waals surface area contributed by atoms with Crippen molar-refractivity contribution >= 4 is 27.8 Å². The number of hydrogen-bond acceptors (Lipinski definition) is 4. The highest BCUT2D eigenvalue weighted by Gasteiger charge is 2.12. The number of aliphatic carboxylic acids is 1. The average molecular weight is 428 g/mol. The molecule has 6 heteroatoms. The molecular weight excluding hydrogens is 404 g/mol. The van der Waals surface area contributed by atoms with Crippen LogP contribution in [-0.2, 0) is 11.3 Å². The van der Waals surface area contributed by atoms with Crippen LogP contribution in [0.2, 0.25) is 0 Å². The van der Waals surface area contributed by atoms with Crippen LogP contribution in [0, 0.1) is 11.3 Å². The molecule has 4 rings (SSSR count). The molecule has 6 nitrogen and oxygen atoms in total. The van der Waals surface area contributed by atoms with Gasteiger partial charge in [0.1, 0.15) is 17.6 Å². The molecular formula is C26H24N2O4. The SMILES string of the molecule is N#Cc1ccccc1OCCCCOc1ccc2c3ccccc3n(CCC(=O)O)c2c1. The topological polar surface area (TPSA) is 84.5 Å². The number of aromatic nitrogens is 1. The summed E-state index contributed by atoms with van der Waals surface area (Å²) in [5.41, 5.74) is 2.53. The molecule has 1 aromatic heterocycles. The average Bonchev–Trinajstić information content (AvgIpc) is 3.13. The predicted octanol–water partition coefficient (Wildman–Crippen LogP) is 5.38. The van der Waals surface area contributed by atoms with E-state index in [0.29, 0.717) is 31.1 Å². The zero-order chi connectivity index (χ0) is 22.3. The van der Waals surface area contributed by atoms with Gasteiger partial charge in [0.2, 0.25) is 0 Å². The lowest BCUT2D eigenvalue weighted by Crippen LogP contribution is -2.05. The van der Waals surface area contributed by atoms with Crippen LogP contribution in [0.5, 0.6) is 11.5 Å². The lowest BCUT2D eigenvalue weighted by molar-refractivity contribution is -0.137. The molecule has 0 saturated heterocycles. The Morgan fingerprint density at radius 1 is 0.906 bits per heavy atom. The Balaban J connectivity index is 1.38. The monoisotopic (exact) mass is 428 g/mol. The number of fused-ring (bicyclic) bond motifs is 3. The van der Waals surface area contributed by atoms with Crippen molar-refractivity contribution in [3.05, 3.63) is 72.3 Å². The Hall–Kier alpha value is -3.98.